The first kappa shape index (κ1) is 18.3. The summed E-state index contributed by atoms with van der Waals surface area (Å²) in [6, 6.07) is 8.44. The monoisotopic (exact) mass is 330 g/mol. The predicted molar refractivity (Wildman–Crippen MR) is 101 cm³/mol. The molecule has 1 aliphatic heterocycles. The second-order valence-electron chi connectivity index (χ2n) is 6.87. The topological polar surface area (TPSA) is 56.7 Å². The molecule has 1 aromatic carbocycles. The van der Waals surface area contributed by atoms with Gasteiger partial charge >= 0.3 is 0 Å². The standard InChI is InChI=1S/C19H30N4O/c1-14(2)9-10-15(3)22-19(20-4)21-13-18(24)23-12-11-16-7-5-6-8-17(16)23/h5-8,14-15H,9-13H2,1-4H3,(H2,20,21,22). The first-order chi connectivity index (χ1) is 11.5. The van der Waals surface area contributed by atoms with Crippen LogP contribution in [-0.4, -0.2) is 38.0 Å². The van der Waals surface area contributed by atoms with Crippen LogP contribution in [0.4, 0.5) is 5.69 Å². The van der Waals surface area contributed by atoms with Crippen molar-refractivity contribution in [1.29, 1.82) is 0 Å². The molecule has 0 saturated carbocycles. The molecule has 1 aliphatic rings. The molecule has 0 aliphatic carbocycles. The molecule has 2 rings (SSSR count). The van der Waals surface area contributed by atoms with Gasteiger partial charge in [-0.3, -0.25) is 9.79 Å². The minimum atomic E-state index is 0.0812. The Morgan fingerprint density at radius 1 is 1.25 bits per heavy atom. The number of guanidine groups is 1. The Morgan fingerprint density at radius 3 is 2.71 bits per heavy atom. The van der Waals surface area contributed by atoms with Gasteiger partial charge in [0, 0.05) is 25.3 Å². The molecule has 5 nitrogen and oxygen atoms in total. The molecule has 0 bridgehead atoms. The van der Waals surface area contributed by atoms with E-state index >= 15 is 0 Å². The van der Waals surface area contributed by atoms with Crippen molar-refractivity contribution in [3.8, 4) is 0 Å². The second-order valence-corrected chi connectivity index (χ2v) is 6.87. The summed E-state index contributed by atoms with van der Waals surface area (Å²) in [6.07, 6.45) is 3.20. The highest BCUT2D eigenvalue weighted by atomic mass is 16.2. The van der Waals surface area contributed by atoms with Crippen LogP contribution in [0.5, 0.6) is 0 Å². The number of fused-ring (bicyclic) bond motifs is 1. The minimum absolute atomic E-state index is 0.0812. The van der Waals surface area contributed by atoms with Gasteiger partial charge in [-0.15, -0.1) is 0 Å². The number of amides is 1. The van der Waals surface area contributed by atoms with Gasteiger partial charge in [0.25, 0.3) is 0 Å². The number of hydrogen-bond donors (Lipinski definition) is 2. The number of carbonyl (C=O) groups is 1. The van der Waals surface area contributed by atoms with Crippen LogP contribution in [0, 0.1) is 5.92 Å². The van der Waals surface area contributed by atoms with Gasteiger partial charge in [0.1, 0.15) is 0 Å². The molecule has 0 spiro atoms. The highest BCUT2D eigenvalue weighted by Gasteiger charge is 2.23. The van der Waals surface area contributed by atoms with E-state index in [2.05, 4.69) is 42.5 Å². The van der Waals surface area contributed by atoms with Crippen molar-refractivity contribution in [1.82, 2.24) is 10.6 Å². The van der Waals surface area contributed by atoms with Crippen molar-refractivity contribution in [3.05, 3.63) is 29.8 Å². The van der Waals surface area contributed by atoms with E-state index in [-0.39, 0.29) is 12.5 Å². The van der Waals surface area contributed by atoms with Crippen LogP contribution < -0.4 is 15.5 Å². The Bertz CT molecular complexity index is 582. The smallest absolute Gasteiger partial charge is 0.246 e. The fraction of sp³-hybridized carbons (Fsp3) is 0.579. The second kappa shape index (κ2) is 8.71. The number of hydrogen-bond acceptors (Lipinski definition) is 2. The van der Waals surface area contributed by atoms with Crippen LogP contribution in [0.15, 0.2) is 29.3 Å². The van der Waals surface area contributed by atoms with E-state index in [4.69, 9.17) is 0 Å². The number of nitrogens with one attached hydrogen (secondary N) is 2. The van der Waals surface area contributed by atoms with Gasteiger partial charge < -0.3 is 15.5 Å². The molecular weight excluding hydrogens is 300 g/mol. The fourth-order valence-electron chi connectivity index (χ4n) is 2.94. The summed E-state index contributed by atoms with van der Waals surface area (Å²) in [5.41, 5.74) is 2.29. The summed E-state index contributed by atoms with van der Waals surface area (Å²) in [5.74, 6) is 1.46. The maximum Gasteiger partial charge on any atom is 0.246 e. The predicted octanol–water partition coefficient (Wildman–Crippen LogP) is 2.57. The van der Waals surface area contributed by atoms with Crippen molar-refractivity contribution in [2.45, 2.75) is 46.1 Å². The van der Waals surface area contributed by atoms with E-state index in [1.165, 1.54) is 12.0 Å². The van der Waals surface area contributed by atoms with Gasteiger partial charge in [-0.25, -0.2) is 0 Å². The van der Waals surface area contributed by atoms with Gasteiger partial charge in [-0.2, -0.15) is 0 Å². The summed E-state index contributed by atoms with van der Waals surface area (Å²) in [5, 5.41) is 6.50. The van der Waals surface area contributed by atoms with Crippen LogP contribution in [0.25, 0.3) is 0 Å². The number of anilines is 1. The van der Waals surface area contributed by atoms with Crippen LogP contribution >= 0.6 is 0 Å². The molecule has 1 amide bonds. The zero-order valence-electron chi connectivity index (χ0n) is 15.3. The minimum Gasteiger partial charge on any atom is -0.354 e. The molecule has 1 aromatic rings. The first-order valence-corrected chi connectivity index (χ1v) is 8.86. The molecule has 5 heteroatoms. The number of nitrogens with zero attached hydrogens (tertiary/aromatic N) is 2. The highest BCUT2D eigenvalue weighted by Crippen LogP contribution is 2.27. The lowest BCUT2D eigenvalue weighted by Crippen LogP contribution is -2.46. The summed E-state index contributed by atoms with van der Waals surface area (Å²) in [6.45, 7) is 7.62. The van der Waals surface area contributed by atoms with Gasteiger partial charge in [0.15, 0.2) is 5.96 Å². The summed E-state index contributed by atoms with van der Waals surface area (Å²) >= 11 is 0. The zero-order valence-corrected chi connectivity index (χ0v) is 15.3. The molecule has 1 atom stereocenters. The number of para-hydroxylation sites is 1. The van der Waals surface area contributed by atoms with Crippen molar-refractivity contribution in [3.63, 3.8) is 0 Å². The van der Waals surface area contributed by atoms with Crippen molar-refractivity contribution < 1.29 is 4.79 Å². The maximum atomic E-state index is 12.5. The van der Waals surface area contributed by atoms with Crippen LogP contribution in [-0.2, 0) is 11.2 Å². The third kappa shape index (κ3) is 4.98. The maximum absolute atomic E-state index is 12.5. The molecular formula is C19H30N4O. The molecule has 0 saturated heterocycles. The summed E-state index contributed by atoms with van der Waals surface area (Å²) < 4.78 is 0. The molecule has 2 N–H and O–H groups in total. The van der Waals surface area contributed by atoms with E-state index in [1.807, 2.05) is 23.1 Å². The summed E-state index contributed by atoms with van der Waals surface area (Å²) in [7, 11) is 1.74. The van der Waals surface area contributed by atoms with E-state index in [9.17, 15) is 4.79 Å². The largest absolute Gasteiger partial charge is 0.354 e. The number of benzene rings is 1. The highest BCUT2D eigenvalue weighted by molar-refractivity contribution is 5.98. The number of carbonyl (C=O) groups excluding carboxylic acids is 1. The van der Waals surface area contributed by atoms with E-state index < -0.39 is 0 Å². The first-order valence-electron chi connectivity index (χ1n) is 8.86. The van der Waals surface area contributed by atoms with Crippen molar-refractivity contribution in [2.75, 3.05) is 25.0 Å². The Balaban J connectivity index is 1.82. The lowest BCUT2D eigenvalue weighted by molar-refractivity contribution is -0.117. The van der Waals surface area contributed by atoms with Crippen LogP contribution in [0.3, 0.4) is 0 Å². The normalized spacial score (nSPS) is 15.4. The Labute approximate surface area is 145 Å². The van der Waals surface area contributed by atoms with E-state index in [0.29, 0.717) is 17.9 Å². The van der Waals surface area contributed by atoms with Gasteiger partial charge in [-0.1, -0.05) is 32.0 Å². The van der Waals surface area contributed by atoms with Gasteiger partial charge in [0.2, 0.25) is 5.91 Å². The molecule has 0 aromatic heterocycles. The van der Waals surface area contributed by atoms with Crippen LogP contribution in [0.2, 0.25) is 0 Å². The SMILES string of the molecule is CN=C(NCC(=O)N1CCc2ccccc21)NC(C)CCC(C)C. The number of rotatable bonds is 6. The molecule has 0 radical (unpaired) electrons. The van der Waals surface area contributed by atoms with Crippen LogP contribution in [0.1, 0.15) is 39.2 Å². The molecule has 1 unspecified atom stereocenters. The quantitative estimate of drug-likeness (QED) is 0.622. The molecule has 1 heterocycles. The van der Waals surface area contributed by atoms with Gasteiger partial charge in [-0.05, 0) is 43.7 Å². The third-order valence-electron chi connectivity index (χ3n) is 4.38. The fourth-order valence-corrected chi connectivity index (χ4v) is 2.94. The molecule has 132 valence electrons. The lowest BCUT2D eigenvalue weighted by Gasteiger charge is -2.21. The van der Waals surface area contributed by atoms with Crippen molar-refractivity contribution in [2.24, 2.45) is 10.9 Å². The zero-order chi connectivity index (χ0) is 17.5. The Morgan fingerprint density at radius 2 is 2.00 bits per heavy atom. The number of aliphatic imine (C=N–C) groups is 1. The third-order valence-corrected chi connectivity index (χ3v) is 4.38. The average molecular weight is 330 g/mol. The van der Waals surface area contributed by atoms with E-state index in [1.54, 1.807) is 7.05 Å². The molecule has 0 fully saturated rings. The molecule has 24 heavy (non-hydrogen) atoms. The summed E-state index contributed by atoms with van der Waals surface area (Å²) in [4.78, 5) is 18.6. The Kier molecular flexibility index (Phi) is 6.64. The Hall–Kier alpha value is -2.04. The lowest BCUT2D eigenvalue weighted by atomic mass is 10.0. The average Bonchev–Trinajstić information content (AvgIpc) is 3.00. The van der Waals surface area contributed by atoms with E-state index in [0.717, 1.165) is 25.1 Å². The van der Waals surface area contributed by atoms with Crippen molar-refractivity contribution >= 4 is 17.6 Å². The van der Waals surface area contributed by atoms with Gasteiger partial charge in [0.05, 0.1) is 6.54 Å².